The normalized spacial score (nSPS) is 23.2. The van der Waals surface area contributed by atoms with Crippen molar-refractivity contribution in [3.05, 3.63) is 35.4 Å². The molecular weight excluding hydrogens is 384 g/mol. The van der Waals surface area contributed by atoms with Crippen LogP contribution in [0.15, 0.2) is 34.3 Å². The Labute approximate surface area is 179 Å². The number of aromatic carboxylic acids is 2. The molecule has 0 amide bonds. The summed E-state index contributed by atoms with van der Waals surface area (Å²) in [6.07, 6.45) is 0. The lowest BCUT2D eigenvalue weighted by molar-refractivity contribution is -0.794. The van der Waals surface area contributed by atoms with Crippen LogP contribution in [-0.2, 0) is 0 Å². The minimum Gasteiger partial charge on any atom is -0.545 e. The third-order valence-corrected chi connectivity index (χ3v) is 5.37. The fourth-order valence-corrected chi connectivity index (χ4v) is 3.46. The van der Waals surface area contributed by atoms with Crippen LogP contribution < -0.4 is 10.2 Å². The van der Waals surface area contributed by atoms with Crippen LogP contribution in [0.3, 0.4) is 0 Å². The second-order valence-corrected chi connectivity index (χ2v) is 8.91. The molecule has 0 bridgehead atoms. The molecule has 1 aromatic carbocycles. The lowest BCUT2D eigenvalue weighted by atomic mass is 10.1. The van der Waals surface area contributed by atoms with Gasteiger partial charge in [-0.05, 0) is 13.8 Å². The number of rotatable bonds is 2. The number of benzene rings is 1. The Hall–Kier alpha value is -2.58. The van der Waals surface area contributed by atoms with E-state index in [-0.39, 0.29) is 11.1 Å². The van der Waals surface area contributed by atoms with Crippen LogP contribution in [0.2, 0.25) is 0 Å². The largest absolute Gasteiger partial charge is 0.545 e. The molecule has 2 aliphatic rings. The smallest absolute Gasteiger partial charge is 0.195 e. The molecular formula is C22H34N4O4. The zero-order valence-electron chi connectivity index (χ0n) is 19.3. The van der Waals surface area contributed by atoms with E-state index in [2.05, 4.69) is 65.9 Å². The van der Waals surface area contributed by atoms with Gasteiger partial charge in [-0.25, -0.2) is 9.98 Å². The predicted molar refractivity (Wildman–Crippen MR) is 114 cm³/mol. The summed E-state index contributed by atoms with van der Waals surface area (Å²) in [6, 6.07) is 6.19. The Morgan fingerprint density at radius 3 is 1.23 bits per heavy atom. The van der Waals surface area contributed by atoms with Crippen LogP contribution in [0, 0.1) is 0 Å². The van der Waals surface area contributed by atoms with Gasteiger partial charge in [0.05, 0.1) is 40.1 Å². The topological polar surface area (TPSA) is 105 Å². The van der Waals surface area contributed by atoms with Gasteiger partial charge in [-0.15, -0.1) is 0 Å². The van der Waals surface area contributed by atoms with Gasteiger partial charge in [-0.3, -0.25) is 8.97 Å². The van der Waals surface area contributed by atoms with Crippen LogP contribution in [-0.4, -0.2) is 85.9 Å². The average molecular weight is 419 g/mol. The number of aliphatic imine (C=N–C) groups is 2. The highest BCUT2D eigenvalue weighted by atomic mass is 16.4. The molecule has 0 aliphatic carbocycles. The maximum atomic E-state index is 10.3. The predicted octanol–water partition coefficient (Wildman–Crippen LogP) is 0.180. The molecule has 2 unspecified atom stereocenters. The first-order chi connectivity index (χ1) is 13.7. The Bertz CT molecular complexity index is 774. The van der Waals surface area contributed by atoms with Crippen molar-refractivity contribution >= 4 is 23.6 Å². The molecule has 0 aromatic heterocycles. The van der Waals surface area contributed by atoms with E-state index in [1.54, 1.807) is 0 Å². The fraction of sp³-hybridized carbons (Fsp3) is 0.545. The van der Waals surface area contributed by atoms with Gasteiger partial charge in [0, 0.05) is 25.0 Å². The quantitative estimate of drug-likeness (QED) is 0.639. The molecule has 1 aromatic rings. The first kappa shape index (κ1) is 25.5. The van der Waals surface area contributed by atoms with Crippen molar-refractivity contribution in [2.24, 2.45) is 9.98 Å². The molecule has 0 N–H and O–H groups in total. The minimum absolute atomic E-state index is 0.363. The number of likely N-dealkylation sites (N-methyl/N-ethyl adjacent to an activating group) is 2. The minimum atomic E-state index is -1.52. The maximum absolute atomic E-state index is 10.3. The number of hydrogen-bond donors (Lipinski definition) is 0. The standard InChI is InChI=1S/C8H6O4.2C7H15N2/c9-7(10)5-3-1-2-4-6(5)8(11)12;2*1-6-5-9(3,4)7(2)8-6/h1-4H,(H,9,10)(H,11,12);2*6H,5H2,1-4H3/q;2*+1/p-2. The van der Waals surface area contributed by atoms with E-state index in [9.17, 15) is 19.8 Å². The van der Waals surface area contributed by atoms with E-state index in [0.29, 0.717) is 12.1 Å². The summed E-state index contributed by atoms with van der Waals surface area (Å²) < 4.78 is 1.95. The number of carbonyl (C=O) groups is 2. The molecule has 0 spiro atoms. The Balaban J connectivity index is 0.000000229. The SMILES string of the molecule is CC1=NC(C)C[N+]1(C)C.CC1=NC(C)C[N+]1(C)C.O=C([O-])c1ccccc1C(=O)[O-]. The van der Waals surface area contributed by atoms with Crippen LogP contribution in [0.25, 0.3) is 0 Å². The molecule has 0 radical (unpaired) electrons. The second kappa shape index (κ2) is 9.95. The van der Waals surface area contributed by atoms with Crippen molar-refractivity contribution in [3.63, 3.8) is 0 Å². The molecule has 166 valence electrons. The average Bonchev–Trinajstić information content (AvgIpc) is 2.99. The van der Waals surface area contributed by atoms with Crippen molar-refractivity contribution in [2.45, 2.75) is 39.8 Å². The molecule has 2 heterocycles. The van der Waals surface area contributed by atoms with E-state index in [1.807, 2.05) is 0 Å². The highest BCUT2D eigenvalue weighted by Gasteiger charge is 2.30. The molecule has 8 nitrogen and oxygen atoms in total. The van der Waals surface area contributed by atoms with Crippen molar-refractivity contribution in [1.29, 1.82) is 0 Å². The number of carbonyl (C=O) groups excluding carboxylic acids is 2. The summed E-state index contributed by atoms with van der Waals surface area (Å²) in [5.74, 6) is -0.533. The summed E-state index contributed by atoms with van der Waals surface area (Å²) in [4.78, 5) is 29.5. The third kappa shape index (κ3) is 7.03. The van der Waals surface area contributed by atoms with E-state index in [4.69, 9.17) is 0 Å². The number of nitrogens with zero attached hydrogens (tertiary/aromatic N) is 4. The highest BCUT2D eigenvalue weighted by Crippen LogP contribution is 2.13. The van der Waals surface area contributed by atoms with Crippen LogP contribution in [0.5, 0.6) is 0 Å². The number of carboxylic acid groups (broad SMARTS) is 2. The van der Waals surface area contributed by atoms with Crippen molar-refractivity contribution in [1.82, 2.24) is 0 Å². The lowest BCUT2D eigenvalue weighted by Gasteiger charge is -2.22. The molecule has 2 atom stereocenters. The van der Waals surface area contributed by atoms with Gasteiger partial charge in [0.1, 0.15) is 25.2 Å². The molecule has 30 heavy (non-hydrogen) atoms. The van der Waals surface area contributed by atoms with Crippen LogP contribution >= 0.6 is 0 Å². The van der Waals surface area contributed by atoms with Crippen molar-refractivity contribution in [3.8, 4) is 0 Å². The Kier molecular flexibility index (Phi) is 8.44. The zero-order chi connectivity index (χ0) is 23.3. The first-order valence-electron chi connectivity index (χ1n) is 9.95. The van der Waals surface area contributed by atoms with Crippen molar-refractivity contribution < 1.29 is 28.8 Å². The monoisotopic (exact) mass is 418 g/mol. The van der Waals surface area contributed by atoms with Gasteiger partial charge in [0.2, 0.25) is 0 Å². The second-order valence-electron chi connectivity index (χ2n) is 8.91. The number of amidine groups is 2. The van der Waals surface area contributed by atoms with Gasteiger partial charge in [0.15, 0.2) is 11.7 Å². The fourth-order valence-electron chi connectivity index (χ4n) is 3.46. The number of quaternary nitrogens is 2. The van der Waals surface area contributed by atoms with E-state index >= 15 is 0 Å². The summed E-state index contributed by atoms with van der Waals surface area (Å²) in [7, 11) is 8.79. The molecule has 3 rings (SSSR count). The molecule has 0 saturated carbocycles. The number of hydrogen-bond acceptors (Lipinski definition) is 6. The van der Waals surface area contributed by atoms with Crippen LogP contribution in [0.1, 0.15) is 48.4 Å². The molecule has 8 heteroatoms. The van der Waals surface area contributed by atoms with E-state index < -0.39 is 11.9 Å². The summed E-state index contributed by atoms with van der Waals surface area (Å²) in [5.41, 5.74) is -0.727. The first-order valence-corrected chi connectivity index (χ1v) is 9.95. The number of carboxylic acids is 2. The third-order valence-electron chi connectivity index (χ3n) is 5.37. The van der Waals surface area contributed by atoms with Gasteiger partial charge in [-0.1, -0.05) is 24.3 Å². The van der Waals surface area contributed by atoms with Crippen LogP contribution in [0.4, 0.5) is 0 Å². The summed E-state index contributed by atoms with van der Waals surface area (Å²) >= 11 is 0. The van der Waals surface area contributed by atoms with Gasteiger partial charge in [-0.2, -0.15) is 0 Å². The Morgan fingerprint density at radius 1 is 0.800 bits per heavy atom. The Morgan fingerprint density at radius 2 is 1.10 bits per heavy atom. The molecule has 0 saturated heterocycles. The van der Waals surface area contributed by atoms with Gasteiger partial charge >= 0.3 is 0 Å². The maximum Gasteiger partial charge on any atom is 0.195 e. The van der Waals surface area contributed by atoms with Gasteiger partial charge < -0.3 is 19.8 Å². The molecule has 0 fully saturated rings. The van der Waals surface area contributed by atoms with E-state index in [0.717, 1.165) is 34.2 Å². The summed E-state index contributed by atoms with van der Waals surface area (Å²) in [6.45, 7) is 10.8. The highest BCUT2D eigenvalue weighted by molar-refractivity contribution is 5.99. The molecule has 2 aliphatic heterocycles. The van der Waals surface area contributed by atoms with E-state index in [1.165, 1.54) is 23.8 Å². The lowest BCUT2D eigenvalue weighted by Crippen LogP contribution is -2.42. The summed E-state index contributed by atoms with van der Waals surface area (Å²) in [5, 5.41) is 20.6. The zero-order valence-corrected chi connectivity index (χ0v) is 19.3. The van der Waals surface area contributed by atoms with Crippen molar-refractivity contribution in [2.75, 3.05) is 41.3 Å². The van der Waals surface area contributed by atoms with Gasteiger partial charge in [0.25, 0.3) is 0 Å².